The third-order valence-corrected chi connectivity index (χ3v) is 4.76. The Labute approximate surface area is 145 Å². The van der Waals surface area contributed by atoms with Crippen molar-refractivity contribution in [3.05, 3.63) is 41.7 Å². The zero-order valence-electron chi connectivity index (χ0n) is 13.4. The first-order valence-electron chi connectivity index (χ1n) is 7.96. The van der Waals surface area contributed by atoms with Crippen LogP contribution < -0.4 is 9.64 Å². The molecule has 0 spiro atoms. The van der Waals surface area contributed by atoms with Crippen molar-refractivity contribution < 1.29 is 9.84 Å². The molecule has 3 heterocycles. The summed E-state index contributed by atoms with van der Waals surface area (Å²) in [4.78, 5) is 7.02. The Morgan fingerprint density at radius 2 is 2.00 bits per heavy atom. The van der Waals surface area contributed by atoms with Crippen LogP contribution in [0.5, 0.6) is 11.5 Å². The maximum Gasteiger partial charge on any atom is 0.141 e. The maximum absolute atomic E-state index is 10.3. The van der Waals surface area contributed by atoms with Gasteiger partial charge in [-0.2, -0.15) is 0 Å². The zero-order chi connectivity index (χ0) is 16.7. The van der Waals surface area contributed by atoms with E-state index in [0.717, 1.165) is 18.7 Å². The summed E-state index contributed by atoms with van der Waals surface area (Å²) in [5.41, 5.74) is 3.30. The van der Waals surface area contributed by atoms with Crippen LogP contribution in [0.1, 0.15) is 12.8 Å². The quantitative estimate of drug-likeness (QED) is 0.781. The molecule has 1 N–H and O–H groups in total. The SMILES string of the molecule is COc1cc(O)c(-c2cn3ccc(N4CCCC4)cc3n2)cc1Cl. The molecule has 0 saturated carbocycles. The third kappa shape index (κ3) is 2.55. The van der Waals surface area contributed by atoms with Crippen molar-refractivity contribution in [2.45, 2.75) is 12.8 Å². The fourth-order valence-corrected chi connectivity index (χ4v) is 3.42. The Bertz CT molecular complexity index is 901. The van der Waals surface area contributed by atoms with Gasteiger partial charge in [0.25, 0.3) is 0 Å². The number of nitrogens with zero attached hydrogens (tertiary/aromatic N) is 3. The highest BCUT2D eigenvalue weighted by molar-refractivity contribution is 6.32. The number of phenolic OH excluding ortho intramolecular Hbond substituents is 1. The molecule has 124 valence electrons. The van der Waals surface area contributed by atoms with Gasteiger partial charge >= 0.3 is 0 Å². The minimum absolute atomic E-state index is 0.0967. The van der Waals surface area contributed by atoms with E-state index >= 15 is 0 Å². The molecule has 1 fully saturated rings. The molecule has 3 aromatic rings. The molecule has 0 radical (unpaired) electrons. The number of phenols is 1. The summed E-state index contributed by atoms with van der Waals surface area (Å²) in [7, 11) is 1.52. The average Bonchev–Trinajstić information content (AvgIpc) is 3.24. The first-order chi connectivity index (χ1) is 11.7. The van der Waals surface area contributed by atoms with E-state index in [0.29, 0.717) is 22.0 Å². The summed E-state index contributed by atoms with van der Waals surface area (Å²) < 4.78 is 7.08. The first-order valence-corrected chi connectivity index (χ1v) is 8.34. The molecule has 4 rings (SSSR count). The standard InChI is InChI=1S/C18H18ClN3O2/c1-24-17-10-16(23)13(9-14(17)19)15-11-22-7-4-12(8-18(22)20-15)21-5-2-3-6-21/h4,7-11,23H,2-3,5-6H2,1H3. The number of hydrogen-bond donors (Lipinski definition) is 1. The number of fused-ring (bicyclic) bond motifs is 1. The molecule has 1 aromatic carbocycles. The fraction of sp³-hybridized carbons (Fsp3) is 0.278. The third-order valence-electron chi connectivity index (χ3n) is 4.46. The minimum atomic E-state index is 0.0967. The monoisotopic (exact) mass is 343 g/mol. The van der Waals surface area contributed by atoms with Crippen LogP contribution in [0.15, 0.2) is 36.7 Å². The van der Waals surface area contributed by atoms with Crippen LogP contribution in [-0.4, -0.2) is 34.7 Å². The number of benzene rings is 1. The Hall–Kier alpha value is -2.40. The maximum atomic E-state index is 10.3. The fourth-order valence-electron chi connectivity index (χ4n) is 3.18. The van der Waals surface area contributed by atoms with Gasteiger partial charge in [0.1, 0.15) is 17.1 Å². The number of hydrogen-bond acceptors (Lipinski definition) is 4. The Kier molecular flexibility index (Phi) is 3.73. The van der Waals surface area contributed by atoms with Crippen LogP contribution in [0.4, 0.5) is 5.69 Å². The first kappa shape index (κ1) is 15.1. The summed E-state index contributed by atoms with van der Waals surface area (Å²) in [5, 5.41) is 10.7. The van der Waals surface area contributed by atoms with Crippen molar-refractivity contribution in [1.29, 1.82) is 0 Å². The molecule has 24 heavy (non-hydrogen) atoms. The van der Waals surface area contributed by atoms with Crippen molar-refractivity contribution in [3.63, 3.8) is 0 Å². The number of ether oxygens (including phenoxy) is 1. The molecular weight excluding hydrogens is 326 g/mol. The van der Waals surface area contributed by atoms with E-state index in [9.17, 15) is 5.11 Å². The lowest BCUT2D eigenvalue weighted by atomic mass is 10.1. The summed E-state index contributed by atoms with van der Waals surface area (Å²) >= 11 is 6.18. The summed E-state index contributed by atoms with van der Waals surface area (Å²) in [6.07, 6.45) is 6.37. The molecule has 1 aliphatic rings. The predicted octanol–water partition coefficient (Wildman–Crippen LogP) is 3.97. The molecule has 0 unspecified atom stereocenters. The molecule has 0 amide bonds. The highest BCUT2D eigenvalue weighted by Gasteiger charge is 2.16. The highest BCUT2D eigenvalue weighted by Crippen LogP contribution is 2.37. The van der Waals surface area contributed by atoms with Crippen LogP contribution in [0.25, 0.3) is 16.9 Å². The number of methoxy groups -OCH3 is 1. The van der Waals surface area contributed by atoms with Crippen molar-refractivity contribution in [2.24, 2.45) is 0 Å². The van der Waals surface area contributed by atoms with Gasteiger partial charge in [0.2, 0.25) is 0 Å². The molecule has 6 heteroatoms. The zero-order valence-corrected chi connectivity index (χ0v) is 14.1. The van der Waals surface area contributed by atoms with Crippen molar-refractivity contribution >= 4 is 22.9 Å². The largest absolute Gasteiger partial charge is 0.507 e. The number of rotatable bonds is 3. The van der Waals surface area contributed by atoms with Crippen molar-refractivity contribution in [1.82, 2.24) is 9.38 Å². The van der Waals surface area contributed by atoms with Crippen LogP contribution >= 0.6 is 11.6 Å². The van der Waals surface area contributed by atoms with Crippen LogP contribution in [0.3, 0.4) is 0 Å². The molecule has 5 nitrogen and oxygen atoms in total. The van der Waals surface area contributed by atoms with E-state index in [1.54, 1.807) is 6.07 Å². The van der Waals surface area contributed by atoms with E-state index in [1.165, 1.54) is 31.7 Å². The molecule has 1 saturated heterocycles. The van der Waals surface area contributed by atoms with Gasteiger partial charge in [0, 0.05) is 48.9 Å². The molecular formula is C18H18ClN3O2. The second-order valence-electron chi connectivity index (χ2n) is 5.97. The van der Waals surface area contributed by atoms with E-state index in [2.05, 4.69) is 22.0 Å². The van der Waals surface area contributed by atoms with Crippen molar-refractivity contribution in [3.8, 4) is 22.8 Å². The number of aromatic hydroxyl groups is 1. The van der Waals surface area contributed by atoms with Gasteiger partial charge in [-0.15, -0.1) is 0 Å². The summed E-state index contributed by atoms with van der Waals surface area (Å²) in [6.45, 7) is 2.19. The van der Waals surface area contributed by atoms with E-state index in [-0.39, 0.29) is 5.75 Å². The Morgan fingerprint density at radius 3 is 2.75 bits per heavy atom. The van der Waals surface area contributed by atoms with Gasteiger partial charge in [-0.25, -0.2) is 4.98 Å². The van der Waals surface area contributed by atoms with Gasteiger partial charge in [0.15, 0.2) is 0 Å². The van der Waals surface area contributed by atoms with E-state index in [4.69, 9.17) is 16.3 Å². The lowest BCUT2D eigenvalue weighted by Gasteiger charge is -2.17. The van der Waals surface area contributed by atoms with E-state index < -0.39 is 0 Å². The molecule has 0 aliphatic carbocycles. The minimum Gasteiger partial charge on any atom is -0.507 e. The Balaban J connectivity index is 1.76. The summed E-state index contributed by atoms with van der Waals surface area (Å²) in [5.74, 6) is 0.539. The molecule has 1 aliphatic heterocycles. The van der Waals surface area contributed by atoms with Crippen LogP contribution in [-0.2, 0) is 0 Å². The van der Waals surface area contributed by atoms with Gasteiger partial charge in [0.05, 0.1) is 17.8 Å². The van der Waals surface area contributed by atoms with Gasteiger partial charge in [-0.1, -0.05) is 11.6 Å². The van der Waals surface area contributed by atoms with Gasteiger partial charge in [-0.05, 0) is 25.0 Å². The normalized spacial score (nSPS) is 14.5. The Morgan fingerprint density at radius 1 is 1.21 bits per heavy atom. The van der Waals surface area contributed by atoms with Crippen LogP contribution in [0.2, 0.25) is 5.02 Å². The smallest absolute Gasteiger partial charge is 0.141 e. The molecule has 0 bridgehead atoms. The molecule has 0 atom stereocenters. The lowest BCUT2D eigenvalue weighted by molar-refractivity contribution is 0.408. The second kappa shape index (κ2) is 5.91. The van der Waals surface area contributed by atoms with Crippen molar-refractivity contribution in [2.75, 3.05) is 25.1 Å². The van der Waals surface area contributed by atoms with Gasteiger partial charge < -0.3 is 19.1 Å². The van der Waals surface area contributed by atoms with Gasteiger partial charge in [-0.3, -0.25) is 0 Å². The van der Waals surface area contributed by atoms with E-state index in [1.807, 2.05) is 16.8 Å². The number of halogens is 1. The number of anilines is 1. The predicted molar refractivity (Wildman–Crippen MR) is 95.3 cm³/mol. The number of aromatic nitrogens is 2. The number of pyridine rings is 1. The van der Waals surface area contributed by atoms with Crippen LogP contribution in [0, 0.1) is 0 Å². The number of imidazole rings is 1. The lowest BCUT2D eigenvalue weighted by Crippen LogP contribution is -2.17. The molecule has 2 aromatic heterocycles. The highest BCUT2D eigenvalue weighted by atomic mass is 35.5. The topological polar surface area (TPSA) is 50.0 Å². The average molecular weight is 344 g/mol. The summed E-state index contributed by atoms with van der Waals surface area (Å²) in [6, 6.07) is 7.37. The second-order valence-corrected chi connectivity index (χ2v) is 6.38.